The third kappa shape index (κ3) is 6.06. The Labute approximate surface area is 190 Å². The highest BCUT2D eigenvalue weighted by molar-refractivity contribution is 5.94. The van der Waals surface area contributed by atoms with E-state index in [4.69, 9.17) is 0 Å². The summed E-state index contributed by atoms with van der Waals surface area (Å²) >= 11 is 0. The van der Waals surface area contributed by atoms with Crippen LogP contribution >= 0.6 is 0 Å². The number of nitrogens with zero attached hydrogens (tertiary/aromatic N) is 4. The van der Waals surface area contributed by atoms with E-state index < -0.39 is 0 Å². The number of piperidine rings is 1. The van der Waals surface area contributed by atoms with Gasteiger partial charge in [0.25, 0.3) is 5.91 Å². The van der Waals surface area contributed by atoms with Crippen LogP contribution in [-0.2, 0) is 9.59 Å². The molecule has 176 valence electrons. The summed E-state index contributed by atoms with van der Waals surface area (Å²) in [5.41, 5.74) is 0.475. The van der Waals surface area contributed by atoms with Gasteiger partial charge in [-0.2, -0.15) is 0 Å². The van der Waals surface area contributed by atoms with E-state index in [1.165, 1.54) is 24.3 Å². The molecule has 2 saturated heterocycles. The molecular formula is C24H35FN4O3. The molecule has 0 bridgehead atoms. The maximum Gasteiger partial charge on any atom is 0.253 e. The molecule has 2 aliphatic heterocycles. The molecule has 0 N–H and O–H groups in total. The molecular weight excluding hydrogens is 411 g/mol. The molecule has 0 spiro atoms. The topological polar surface area (TPSA) is 64.2 Å². The molecule has 0 aliphatic carbocycles. The highest BCUT2D eigenvalue weighted by Gasteiger charge is 2.31. The Hall–Kier alpha value is -2.48. The Balaban J connectivity index is 1.47. The summed E-state index contributed by atoms with van der Waals surface area (Å²) in [6.07, 6.45) is 2.15. The number of hydrogen-bond acceptors (Lipinski definition) is 4. The van der Waals surface area contributed by atoms with Crippen LogP contribution in [0.4, 0.5) is 4.39 Å². The first-order valence-corrected chi connectivity index (χ1v) is 11.8. The smallest absolute Gasteiger partial charge is 0.253 e. The quantitative estimate of drug-likeness (QED) is 0.671. The van der Waals surface area contributed by atoms with Crippen LogP contribution in [-0.4, -0.2) is 96.2 Å². The predicted octanol–water partition coefficient (Wildman–Crippen LogP) is 2.08. The van der Waals surface area contributed by atoms with Gasteiger partial charge in [-0.15, -0.1) is 0 Å². The Kier molecular flexibility index (Phi) is 8.61. The Morgan fingerprint density at radius 3 is 2.19 bits per heavy atom. The third-order valence-electron chi connectivity index (χ3n) is 6.60. The first-order valence-electron chi connectivity index (χ1n) is 11.8. The fourth-order valence-electron chi connectivity index (χ4n) is 4.58. The lowest BCUT2D eigenvalue weighted by Gasteiger charge is -2.34. The van der Waals surface area contributed by atoms with E-state index >= 15 is 0 Å². The maximum atomic E-state index is 13.1. The number of likely N-dealkylation sites (N-methyl/N-ethyl adjacent to an activating group) is 1. The number of halogens is 1. The minimum absolute atomic E-state index is 0.0730. The van der Waals surface area contributed by atoms with E-state index in [0.717, 1.165) is 26.1 Å². The van der Waals surface area contributed by atoms with Crippen LogP contribution in [0.1, 0.15) is 43.5 Å². The van der Waals surface area contributed by atoms with Crippen molar-refractivity contribution in [2.75, 3.05) is 58.9 Å². The van der Waals surface area contributed by atoms with Crippen molar-refractivity contribution in [2.24, 2.45) is 5.92 Å². The van der Waals surface area contributed by atoms with Gasteiger partial charge in [0, 0.05) is 63.8 Å². The summed E-state index contributed by atoms with van der Waals surface area (Å²) in [5.74, 6) is -0.238. The predicted molar refractivity (Wildman–Crippen MR) is 121 cm³/mol. The highest BCUT2D eigenvalue weighted by Crippen LogP contribution is 2.22. The number of hydrogen-bond donors (Lipinski definition) is 0. The van der Waals surface area contributed by atoms with E-state index in [0.29, 0.717) is 57.7 Å². The van der Waals surface area contributed by atoms with E-state index in [-0.39, 0.29) is 29.5 Å². The van der Waals surface area contributed by atoms with Crippen LogP contribution in [0.25, 0.3) is 0 Å². The lowest BCUT2D eigenvalue weighted by Crippen LogP contribution is -2.45. The molecule has 8 heteroatoms. The van der Waals surface area contributed by atoms with Crippen LogP contribution < -0.4 is 0 Å². The first kappa shape index (κ1) is 24.2. The van der Waals surface area contributed by atoms with Gasteiger partial charge in [-0.3, -0.25) is 19.3 Å². The Bertz CT molecular complexity index is 789. The minimum Gasteiger partial charge on any atom is -0.342 e. The Morgan fingerprint density at radius 1 is 0.906 bits per heavy atom. The molecule has 7 nitrogen and oxygen atoms in total. The van der Waals surface area contributed by atoms with E-state index in [9.17, 15) is 18.8 Å². The lowest BCUT2D eigenvalue weighted by atomic mass is 9.94. The van der Waals surface area contributed by atoms with E-state index in [2.05, 4.69) is 4.90 Å². The van der Waals surface area contributed by atoms with Crippen LogP contribution in [0.3, 0.4) is 0 Å². The number of carbonyl (C=O) groups is 3. The third-order valence-corrected chi connectivity index (χ3v) is 6.60. The summed E-state index contributed by atoms with van der Waals surface area (Å²) in [7, 11) is 0. The van der Waals surface area contributed by atoms with Gasteiger partial charge in [-0.1, -0.05) is 0 Å². The van der Waals surface area contributed by atoms with Crippen molar-refractivity contribution in [3.05, 3.63) is 35.6 Å². The second-order valence-corrected chi connectivity index (χ2v) is 8.59. The average Bonchev–Trinajstić information content (AvgIpc) is 3.05. The van der Waals surface area contributed by atoms with Crippen molar-refractivity contribution in [2.45, 2.75) is 33.1 Å². The number of carbonyl (C=O) groups excluding carboxylic acids is 3. The summed E-state index contributed by atoms with van der Waals surface area (Å²) in [6, 6.07) is 5.59. The summed E-state index contributed by atoms with van der Waals surface area (Å²) in [4.78, 5) is 45.8. The van der Waals surface area contributed by atoms with Gasteiger partial charge < -0.3 is 14.7 Å². The molecule has 1 aromatic rings. The van der Waals surface area contributed by atoms with E-state index in [1.807, 2.05) is 23.6 Å². The van der Waals surface area contributed by atoms with Crippen molar-refractivity contribution < 1.29 is 18.8 Å². The normalized spacial score (nSPS) is 18.3. The zero-order chi connectivity index (χ0) is 23.1. The van der Waals surface area contributed by atoms with Gasteiger partial charge >= 0.3 is 0 Å². The Morgan fingerprint density at radius 2 is 1.56 bits per heavy atom. The standard InChI is InChI=1S/C24H35FN4O3/c1-3-27(4-2)22(30)18-26-12-5-13-28(17-16-26)24(32)20-10-14-29(15-11-20)23(31)19-6-8-21(25)9-7-19/h6-9,20H,3-5,10-18H2,1-2H3. The summed E-state index contributed by atoms with van der Waals surface area (Å²) < 4.78 is 13.1. The molecule has 1 aromatic carbocycles. The van der Waals surface area contributed by atoms with Crippen LogP contribution in [0.15, 0.2) is 24.3 Å². The van der Waals surface area contributed by atoms with Crippen LogP contribution in [0, 0.1) is 11.7 Å². The zero-order valence-corrected chi connectivity index (χ0v) is 19.3. The molecule has 0 unspecified atom stereocenters. The fraction of sp³-hybridized carbons (Fsp3) is 0.625. The largest absolute Gasteiger partial charge is 0.342 e. The number of likely N-dealkylation sites (tertiary alicyclic amines) is 1. The summed E-state index contributed by atoms with van der Waals surface area (Å²) in [5, 5.41) is 0. The van der Waals surface area contributed by atoms with Crippen molar-refractivity contribution in [1.82, 2.24) is 19.6 Å². The number of amides is 3. The van der Waals surface area contributed by atoms with Gasteiger partial charge in [0.05, 0.1) is 6.54 Å². The molecule has 2 fully saturated rings. The van der Waals surface area contributed by atoms with Crippen molar-refractivity contribution in [3.63, 3.8) is 0 Å². The zero-order valence-electron chi connectivity index (χ0n) is 19.3. The molecule has 0 atom stereocenters. The molecule has 0 radical (unpaired) electrons. The van der Waals surface area contributed by atoms with Gasteiger partial charge in [0.15, 0.2) is 0 Å². The van der Waals surface area contributed by atoms with Gasteiger partial charge in [-0.05, 0) is 57.4 Å². The highest BCUT2D eigenvalue weighted by atomic mass is 19.1. The number of rotatable bonds is 6. The molecule has 3 amide bonds. The first-order chi connectivity index (χ1) is 15.4. The molecule has 32 heavy (non-hydrogen) atoms. The van der Waals surface area contributed by atoms with Crippen molar-refractivity contribution in [1.29, 1.82) is 0 Å². The van der Waals surface area contributed by atoms with Gasteiger partial charge in [0.2, 0.25) is 11.8 Å². The monoisotopic (exact) mass is 446 g/mol. The SMILES string of the molecule is CCN(CC)C(=O)CN1CCCN(C(=O)C2CCN(C(=O)c3ccc(F)cc3)CC2)CC1. The maximum absolute atomic E-state index is 13.1. The molecule has 3 rings (SSSR count). The summed E-state index contributed by atoms with van der Waals surface area (Å²) in [6.45, 7) is 9.77. The molecule has 0 aromatic heterocycles. The molecule has 2 aliphatic rings. The average molecular weight is 447 g/mol. The second-order valence-electron chi connectivity index (χ2n) is 8.59. The van der Waals surface area contributed by atoms with E-state index in [1.54, 1.807) is 4.90 Å². The second kappa shape index (κ2) is 11.4. The van der Waals surface area contributed by atoms with Crippen molar-refractivity contribution >= 4 is 17.7 Å². The van der Waals surface area contributed by atoms with Crippen LogP contribution in [0.2, 0.25) is 0 Å². The van der Waals surface area contributed by atoms with Gasteiger partial charge in [0.1, 0.15) is 5.82 Å². The minimum atomic E-state index is -0.362. The molecule has 2 heterocycles. The molecule has 0 saturated carbocycles. The number of benzene rings is 1. The van der Waals surface area contributed by atoms with Gasteiger partial charge in [-0.25, -0.2) is 4.39 Å². The lowest BCUT2D eigenvalue weighted by molar-refractivity contribution is -0.136. The fourth-order valence-corrected chi connectivity index (χ4v) is 4.58. The van der Waals surface area contributed by atoms with Crippen LogP contribution in [0.5, 0.6) is 0 Å². The van der Waals surface area contributed by atoms with Crippen molar-refractivity contribution in [3.8, 4) is 0 Å².